The highest BCUT2D eigenvalue weighted by atomic mass is 19.1. The van der Waals surface area contributed by atoms with Crippen LogP contribution in [0.1, 0.15) is 28.8 Å². The predicted octanol–water partition coefficient (Wildman–Crippen LogP) is 2.61. The van der Waals surface area contributed by atoms with Crippen LogP contribution in [0.5, 0.6) is 0 Å². The van der Waals surface area contributed by atoms with Gasteiger partial charge in [0.05, 0.1) is 0 Å². The second-order valence-corrected chi connectivity index (χ2v) is 6.77. The van der Waals surface area contributed by atoms with Crippen molar-refractivity contribution >= 4 is 5.91 Å². The highest BCUT2D eigenvalue weighted by molar-refractivity contribution is 5.94. The summed E-state index contributed by atoms with van der Waals surface area (Å²) in [6.45, 7) is 1.91. The Kier molecular flexibility index (Phi) is 4.02. The summed E-state index contributed by atoms with van der Waals surface area (Å²) in [6, 6.07) is 10.6. The molecular weight excluding hydrogens is 305 g/mol. The minimum absolute atomic E-state index is 0.175. The van der Waals surface area contributed by atoms with E-state index in [1.54, 1.807) is 18.3 Å². The van der Waals surface area contributed by atoms with Crippen LogP contribution in [-0.2, 0) is 6.54 Å². The van der Waals surface area contributed by atoms with Crippen molar-refractivity contribution in [1.82, 2.24) is 15.2 Å². The first-order valence-electron chi connectivity index (χ1n) is 8.38. The average Bonchev–Trinajstić information content (AvgIpc) is 3.15. The van der Waals surface area contributed by atoms with Gasteiger partial charge in [0.25, 0.3) is 5.91 Å². The number of fused-ring (bicyclic) bond motifs is 2. The van der Waals surface area contributed by atoms with Crippen molar-refractivity contribution in [1.29, 1.82) is 0 Å². The van der Waals surface area contributed by atoms with E-state index in [1.165, 1.54) is 17.7 Å². The maximum absolute atomic E-state index is 13.3. The number of pyridine rings is 1. The molecule has 0 spiro atoms. The molecule has 4 rings (SSSR count). The van der Waals surface area contributed by atoms with E-state index in [0.29, 0.717) is 17.5 Å². The molecule has 1 saturated heterocycles. The molecule has 5 heteroatoms. The minimum atomic E-state index is -0.377. The van der Waals surface area contributed by atoms with Gasteiger partial charge in [-0.2, -0.15) is 0 Å². The molecule has 1 aliphatic heterocycles. The lowest BCUT2D eigenvalue weighted by Crippen LogP contribution is -2.45. The third-order valence-corrected chi connectivity index (χ3v) is 5.17. The molecule has 3 atom stereocenters. The van der Waals surface area contributed by atoms with Crippen molar-refractivity contribution in [2.24, 2.45) is 5.92 Å². The topological polar surface area (TPSA) is 45.2 Å². The molecular formula is C19H20FN3O. The van der Waals surface area contributed by atoms with Crippen LogP contribution in [-0.4, -0.2) is 34.4 Å². The smallest absolute Gasteiger partial charge is 0.251 e. The van der Waals surface area contributed by atoms with Gasteiger partial charge in [0, 0.05) is 43.1 Å². The van der Waals surface area contributed by atoms with Gasteiger partial charge in [-0.05, 0) is 48.6 Å². The number of halogens is 1. The zero-order valence-electron chi connectivity index (χ0n) is 13.4. The van der Waals surface area contributed by atoms with E-state index >= 15 is 0 Å². The Balaban J connectivity index is 1.35. The molecule has 2 fully saturated rings. The third-order valence-electron chi connectivity index (χ3n) is 5.17. The molecule has 1 aliphatic carbocycles. The molecule has 2 aliphatic rings. The number of likely N-dealkylation sites (tertiary alicyclic amines) is 1. The Morgan fingerprint density at radius 1 is 1.29 bits per heavy atom. The number of hydrogen-bond acceptors (Lipinski definition) is 3. The van der Waals surface area contributed by atoms with E-state index in [9.17, 15) is 9.18 Å². The summed E-state index contributed by atoms with van der Waals surface area (Å²) in [5.74, 6) is -0.0757. The number of carbonyl (C=O) groups is 1. The monoisotopic (exact) mass is 325 g/mol. The molecule has 24 heavy (non-hydrogen) atoms. The normalized spacial score (nSPS) is 25.8. The molecule has 124 valence electrons. The number of piperidine rings is 1. The number of nitrogens with one attached hydrogen (secondary N) is 1. The van der Waals surface area contributed by atoms with Crippen molar-refractivity contribution in [3.05, 3.63) is 65.7 Å². The summed E-state index contributed by atoms with van der Waals surface area (Å²) in [6.07, 6.45) is 5.78. The summed E-state index contributed by atoms with van der Waals surface area (Å²) in [7, 11) is 0. The summed E-state index contributed by atoms with van der Waals surface area (Å²) in [4.78, 5) is 19.0. The molecule has 1 aromatic heterocycles. The van der Waals surface area contributed by atoms with Gasteiger partial charge in [0.2, 0.25) is 0 Å². The number of rotatable bonds is 4. The Hall–Kier alpha value is -2.27. The molecule has 2 heterocycles. The van der Waals surface area contributed by atoms with Crippen LogP contribution in [0.15, 0.2) is 48.8 Å². The lowest BCUT2D eigenvalue weighted by atomic mass is 10.0. The third kappa shape index (κ3) is 3.04. The summed E-state index contributed by atoms with van der Waals surface area (Å²) in [5.41, 5.74) is 1.62. The highest BCUT2D eigenvalue weighted by Crippen LogP contribution is 2.38. The minimum Gasteiger partial charge on any atom is -0.349 e. The molecule has 1 saturated carbocycles. The fourth-order valence-electron chi connectivity index (χ4n) is 4.02. The van der Waals surface area contributed by atoms with Gasteiger partial charge in [0.15, 0.2) is 0 Å². The summed E-state index contributed by atoms with van der Waals surface area (Å²) in [5, 5.41) is 3.09. The standard InChI is InChI=1S/C19H20FN3O/c20-16-5-1-4-14(7-16)19(24)22-18-9-17-8-15(18)12-23(17)11-13-3-2-6-21-10-13/h1-7,10,15,17-18H,8-9,11-12H2,(H,22,24). The molecule has 4 nitrogen and oxygen atoms in total. The van der Waals surface area contributed by atoms with Gasteiger partial charge in [-0.15, -0.1) is 0 Å². The van der Waals surface area contributed by atoms with Crippen molar-refractivity contribution < 1.29 is 9.18 Å². The van der Waals surface area contributed by atoms with E-state index in [4.69, 9.17) is 0 Å². The van der Waals surface area contributed by atoms with Gasteiger partial charge in [0.1, 0.15) is 5.82 Å². The van der Waals surface area contributed by atoms with Crippen molar-refractivity contribution in [3.63, 3.8) is 0 Å². The van der Waals surface area contributed by atoms with Gasteiger partial charge in [-0.1, -0.05) is 12.1 Å². The van der Waals surface area contributed by atoms with Crippen LogP contribution in [0.4, 0.5) is 4.39 Å². The Morgan fingerprint density at radius 3 is 2.92 bits per heavy atom. The molecule has 2 aromatic rings. The molecule has 3 unspecified atom stereocenters. The Morgan fingerprint density at radius 2 is 2.21 bits per heavy atom. The van der Waals surface area contributed by atoms with Gasteiger partial charge < -0.3 is 5.32 Å². The first kappa shape index (κ1) is 15.3. The lowest BCUT2D eigenvalue weighted by Gasteiger charge is -2.31. The first-order valence-corrected chi connectivity index (χ1v) is 8.38. The van der Waals surface area contributed by atoms with E-state index < -0.39 is 0 Å². The van der Waals surface area contributed by atoms with Crippen LogP contribution >= 0.6 is 0 Å². The Bertz CT molecular complexity index is 736. The number of amides is 1. The fourth-order valence-corrected chi connectivity index (χ4v) is 4.02. The second kappa shape index (κ2) is 6.32. The van der Waals surface area contributed by atoms with E-state index in [0.717, 1.165) is 25.9 Å². The van der Waals surface area contributed by atoms with Crippen molar-refractivity contribution in [2.75, 3.05) is 6.54 Å². The number of benzene rings is 1. The molecule has 1 aromatic carbocycles. The predicted molar refractivity (Wildman–Crippen MR) is 88.8 cm³/mol. The number of nitrogens with zero attached hydrogens (tertiary/aromatic N) is 2. The van der Waals surface area contributed by atoms with Crippen LogP contribution in [0.25, 0.3) is 0 Å². The van der Waals surface area contributed by atoms with Gasteiger partial charge in [-0.25, -0.2) is 4.39 Å². The maximum Gasteiger partial charge on any atom is 0.251 e. The zero-order valence-corrected chi connectivity index (χ0v) is 13.4. The molecule has 2 bridgehead atoms. The number of carbonyl (C=O) groups excluding carboxylic acids is 1. The first-order chi connectivity index (χ1) is 11.7. The van der Waals surface area contributed by atoms with Crippen LogP contribution in [0, 0.1) is 11.7 Å². The van der Waals surface area contributed by atoms with E-state index in [-0.39, 0.29) is 17.8 Å². The van der Waals surface area contributed by atoms with E-state index in [2.05, 4.69) is 21.3 Å². The quantitative estimate of drug-likeness (QED) is 0.940. The van der Waals surface area contributed by atoms with Crippen LogP contribution < -0.4 is 5.32 Å². The number of hydrogen-bond donors (Lipinski definition) is 1. The van der Waals surface area contributed by atoms with Crippen LogP contribution in [0.3, 0.4) is 0 Å². The average molecular weight is 325 g/mol. The zero-order chi connectivity index (χ0) is 16.5. The molecule has 0 radical (unpaired) electrons. The lowest BCUT2D eigenvalue weighted by molar-refractivity contribution is 0.0903. The van der Waals surface area contributed by atoms with E-state index in [1.807, 2.05) is 12.3 Å². The SMILES string of the molecule is O=C(NC1CC2CC1CN2Cc1cccnc1)c1cccc(F)c1. The Labute approximate surface area is 140 Å². The summed E-state index contributed by atoms with van der Waals surface area (Å²) < 4.78 is 13.3. The fraction of sp³-hybridized carbons (Fsp3) is 0.368. The van der Waals surface area contributed by atoms with Crippen LogP contribution in [0.2, 0.25) is 0 Å². The second-order valence-electron chi connectivity index (χ2n) is 6.77. The maximum atomic E-state index is 13.3. The van der Waals surface area contributed by atoms with Gasteiger partial charge in [-0.3, -0.25) is 14.7 Å². The van der Waals surface area contributed by atoms with Gasteiger partial charge >= 0.3 is 0 Å². The summed E-state index contributed by atoms with van der Waals surface area (Å²) >= 11 is 0. The number of aromatic nitrogens is 1. The van der Waals surface area contributed by atoms with Crippen molar-refractivity contribution in [3.8, 4) is 0 Å². The highest BCUT2D eigenvalue weighted by Gasteiger charge is 2.44. The molecule has 1 N–H and O–H groups in total. The largest absolute Gasteiger partial charge is 0.349 e. The molecule has 1 amide bonds. The van der Waals surface area contributed by atoms with Crippen molar-refractivity contribution in [2.45, 2.75) is 31.5 Å².